The van der Waals surface area contributed by atoms with E-state index in [1.54, 1.807) is 0 Å². The van der Waals surface area contributed by atoms with Crippen molar-refractivity contribution < 1.29 is 24.2 Å². The number of esters is 2. The number of carbonyl (C=O) groups excluding carboxylic acids is 2. The predicted molar refractivity (Wildman–Crippen MR) is 49.5 cm³/mol. The summed E-state index contributed by atoms with van der Waals surface area (Å²) in [5.41, 5.74) is 0. The van der Waals surface area contributed by atoms with Crippen LogP contribution in [0.5, 0.6) is 0 Å². The Balaban J connectivity index is 0. The van der Waals surface area contributed by atoms with Crippen LogP contribution in [0.15, 0.2) is 12.7 Å². The molecule has 80 valence electrons. The highest BCUT2D eigenvalue weighted by Gasteiger charge is 2.08. The Bertz CT molecular complexity index is 219. The molecular formula is C9H14O5. The molecule has 0 rings (SSSR count). The third-order valence-electron chi connectivity index (χ3n) is 0.924. The van der Waals surface area contributed by atoms with Gasteiger partial charge in [-0.2, -0.15) is 0 Å². The van der Waals surface area contributed by atoms with E-state index >= 15 is 0 Å². The monoisotopic (exact) mass is 202 g/mol. The minimum Gasteiger partial charge on any atom is -0.481 e. The number of hydrogen-bond donors (Lipinski definition) is 1. The summed E-state index contributed by atoms with van der Waals surface area (Å²) in [6, 6.07) is 0. The lowest BCUT2D eigenvalue weighted by molar-refractivity contribution is -0.157. The van der Waals surface area contributed by atoms with Gasteiger partial charge in [-0.1, -0.05) is 20.4 Å². The molecule has 0 aliphatic heterocycles. The van der Waals surface area contributed by atoms with Crippen LogP contribution in [-0.4, -0.2) is 23.0 Å². The van der Waals surface area contributed by atoms with Crippen molar-refractivity contribution >= 4 is 17.9 Å². The van der Waals surface area contributed by atoms with Crippen LogP contribution < -0.4 is 0 Å². The second-order valence-electron chi connectivity index (χ2n) is 1.89. The van der Waals surface area contributed by atoms with Crippen molar-refractivity contribution in [2.75, 3.05) is 0 Å². The lowest BCUT2D eigenvalue weighted by Gasteiger charge is -1.96. The molecule has 0 fully saturated rings. The molecule has 0 amide bonds. The summed E-state index contributed by atoms with van der Waals surface area (Å²) in [5.74, 6) is -2.84. The van der Waals surface area contributed by atoms with Crippen molar-refractivity contribution in [3.8, 4) is 0 Å². The van der Waals surface area contributed by atoms with E-state index in [-0.39, 0.29) is 12.8 Å². The van der Waals surface area contributed by atoms with E-state index in [4.69, 9.17) is 5.11 Å². The topological polar surface area (TPSA) is 80.7 Å². The van der Waals surface area contributed by atoms with E-state index in [1.165, 1.54) is 0 Å². The van der Waals surface area contributed by atoms with Gasteiger partial charge in [0.2, 0.25) is 0 Å². The van der Waals surface area contributed by atoms with E-state index < -0.39 is 17.9 Å². The summed E-state index contributed by atoms with van der Waals surface area (Å²) in [6.07, 6.45) is 0.177. The minimum atomic E-state index is -1.11. The van der Waals surface area contributed by atoms with Gasteiger partial charge in [0.25, 0.3) is 0 Å². The average Bonchev–Trinajstić information content (AvgIpc) is 2.17. The Hall–Kier alpha value is -1.65. The molecule has 0 spiro atoms. The zero-order valence-corrected chi connectivity index (χ0v) is 8.28. The van der Waals surface area contributed by atoms with E-state index in [2.05, 4.69) is 11.3 Å². The molecule has 0 radical (unpaired) electrons. The van der Waals surface area contributed by atoms with Crippen LogP contribution in [0.2, 0.25) is 0 Å². The van der Waals surface area contributed by atoms with Gasteiger partial charge in [-0.25, -0.2) is 4.79 Å². The van der Waals surface area contributed by atoms with Crippen LogP contribution in [0.25, 0.3) is 0 Å². The van der Waals surface area contributed by atoms with E-state index in [0.29, 0.717) is 0 Å². The molecule has 5 heteroatoms. The maximum absolute atomic E-state index is 10.6. The third kappa shape index (κ3) is 10.3. The SMILES string of the molecule is C=CC(=O)OC(=O)CCC(=O)O.CC. The Morgan fingerprint density at radius 1 is 1.29 bits per heavy atom. The fraction of sp³-hybridized carbons (Fsp3) is 0.444. The third-order valence-corrected chi connectivity index (χ3v) is 0.924. The van der Waals surface area contributed by atoms with Crippen LogP contribution in [-0.2, 0) is 19.1 Å². The number of carboxylic acids is 1. The molecule has 0 aromatic rings. The molecule has 0 aliphatic carbocycles. The molecular weight excluding hydrogens is 188 g/mol. The van der Waals surface area contributed by atoms with Gasteiger partial charge in [0, 0.05) is 6.08 Å². The Morgan fingerprint density at radius 3 is 2.14 bits per heavy atom. The van der Waals surface area contributed by atoms with Crippen molar-refractivity contribution in [3.05, 3.63) is 12.7 Å². The minimum absolute atomic E-state index is 0.311. The number of hydrogen-bond acceptors (Lipinski definition) is 4. The highest BCUT2D eigenvalue weighted by Crippen LogP contribution is 1.93. The second-order valence-corrected chi connectivity index (χ2v) is 1.89. The van der Waals surface area contributed by atoms with Gasteiger partial charge in [0.15, 0.2) is 0 Å². The normalized spacial score (nSPS) is 7.86. The lowest BCUT2D eigenvalue weighted by atomic mass is 10.3. The fourth-order valence-electron chi connectivity index (χ4n) is 0.414. The summed E-state index contributed by atoms with van der Waals surface area (Å²) >= 11 is 0. The first-order chi connectivity index (χ1) is 6.56. The molecule has 0 saturated carbocycles. The molecule has 0 aromatic carbocycles. The lowest BCUT2D eigenvalue weighted by Crippen LogP contribution is -2.11. The number of rotatable bonds is 4. The van der Waals surface area contributed by atoms with Crippen LogP contribution in [0, 0.1) is 0 Å². The van der Waals surface area contributed by atoms with Gasteiger partial charge in [-0.05, 0) is 0 Å². The van der Waals surface area contributed by atoms with Gasteiger partial charge < -0.3 is 9.84 Å². The molecule has 0 aliphatic rings. The van der Waals surface area contributed by atoms with Crippen molar-refractivity contribution in [2.45, 2.75) is 26.7 Å². The zero-order chi connectivity index (χ0) is 11.6. The van der Waals surface area contributed by atoms with Crippen LogP contribution >= 0.6 is 0 Å². The maximum atomic E-state index is 10.6. The Labute approximate surface area is 82.4 Å². The highest BCUT2D eigenvalue weighted by molar-refractivity contribution is 5.92. The molecule has 0 atom stereocenters. The van der Waals surface area contributed by atoms with Gasteiger partial charge in [-0.3, -0.25) is 9.59 Å². The van der Waals surface area contributed by atoms with Crippen molar-refractivity contribution in [1.29, 1.82) is 0 Å². The molecule has 5 nitrogen and oxygen atoms in total. The van der Waals surface area contributed by atoms with E-state index in [0.717, 1.165) is 6.08 Å². The molecule has 0 unspecified atom stereocenters. The van der Waals surface area contributed by atoms with Gasteiger partial charge in [0.05, 0.1) is 12.8 Å². The van der Waals surface area contributed by atoms with E-state index in [9.17, 15) is 14.4 Å². The smallest absolute Gasteiger partial charge is 0.337 e. The summed E-state index contributed by atoms with van der Waals surface area (Å²) in [7, 11) is 0. The largest absolute Gasteiger partial charge is 0.481 e. The van der Waals surface area contributed by atoms with Crippen LogP contribution in [0.3, 0.4) is 0 Å². The molecule has 14 heavy (non-hydrogen) atoms. The van der Waals surface area contributed by atoms with E-state index in [1.807, 2.05) is 13.8 Å². The zero-order valence-electron chi connectivity index (χ0n) is 8.28. The summed E-state index contributed by atoms with van der Waals surface area (Å²) in [6.45, 7) is 7.07. The van der Waals surface area contributed by atoms with Crippen molar-refractivity contribution in [2.24, 2.45) is 0 Å². The molecule has 1 N–H and O–H groups in total. The Kier molecular flexibility index (Phi) is 10.0. The Morgan fingerprint density at radius 2 is 1.79 bits per heavy atom. The first kappa shape index (κ1) is 14.9. The predicted octanol–water partition coefficient (Wildman–Crippen LogP) is 1.13. The maximum Gasteiger partial charge on any atom is 0.337 e. The molecule has 0 bridgehead atoms. The molecule has 0 saturated heterocycles. The number of carbonyl (C=O) groups is 3. The number of aliphatic carboxylic acids is 1. The summed E-state index contributed by atoms with van der Waals surface area (Å²) in [5, 5.41) is 8.14. The van der Waals surface area contributed by atoms with Gasteiger partial charge in [0.1, 0.15) is 0 Å². The van der Waals surface area contributed by atoms with Crippen LogP contribution in [0.1, 0.15) is 26.7 Å². The fourth-order valence-corrected chi connectivity index (χ4v) is 0.414. The first-order valence-electron chi connectivity index (χ1n) is 4.15. The molecule has 0 heterocycles. The second kappa shape index (κ2) is 9.44. The van der Waals surface area contributed by atoms with Crippen molar-refractivity contribution in [3.63, 3.8) is 0 Å². The standard InChI is InChI=1S/C7H8O5.C2H6/c1-2-6(10)12-7(11)4-3-5(8)9;1-2/h2H,1,3-4H2,(H,8,9);1-2H3. The first-order valence-corrected chi connectivity index (χ1v) is 4.15. The quantitative estimate of drug-likeness (QED) is 0.420. The number of ether oxygens (including phenoxy) is 1. The summed E-state index contributed by atoms with van der Waals surface area (Å²) < 4.78 is 4.09. The van der Waals surface area contributed by atoms with Crippen molar-refractivity contribution in [1.82, 2.24) is 0 Å². The average molecular weight is 202 g/mol. The summed E-state index contributed by atoms with van der Waals surface area (Å²) in [4.78, 5) is 30.9. The highest BCUT2D eigenvalue weighted by atomic mass is 16.6. The molecule has 0 aromatic heterocycles. The number of carboxylic acid groups (broad SMARTS) is 1. The van der Waals surface area contributed by atoms with Gasteiger partial charge >= 0.3 is 17.9 Å². The van der Waals surface area contributed by atoms with Crippen LogP contribution in [0.4, 0.5) is 0 Å². The van der Waals surface area contributed by atoms with Gasteiger partial charge in [-0.15, -0.1) is 0 Å².